The number of nitrogens with zero attached hydrogens (tertiary/aromatic N) is 3. The fourth-order valence-corrected chi connectivity index (χ4v) is 5.23. The molecule has 2 saturated heterocycles. The molecular formula is C21H29N3O2S. The van der Waals surface area contributed by atoms with Crippen LogP contribution < -0.4 is 0 Å². The summed E-state index contributed by atoms with van der Waals surface area (Å²) >= 11 is 1.77. The highest BCUT2D eigenvalue weighted by Gasteiger charge is 2.45. The van der Waals surface area contributed by atoms with E-state index in [2.05, 4.69) is 21.8 Å². The zero-order valence-electron chi connectivity index (χ0n) is 16.1. The van der Waals surface area contributed by atoms with Gasteiger partial charge < -0.3 is 9.47 Å². The van der Waals surface area contributed by atoms with Crippen LogP contribution in [0.3, 0.4) is 0 Å². The first-order valence-corrected chi connectivity index (χ1v) is 10.8. The minimum atomic E-state index is 0.0826. The third kappa shape index (κ3) is 4.57. The van der Waals surface area contributed by atoms with Gasteiger partial charge in [0.15, 0.2) is 0 Å². The lowest BCUT2D eigenvalue weighted by Crippen LogP contribution is -2.47. The first-order valence-electron chi connectivity index (χ1n) is 9.97. The smallest absolute Gasteiger partial charge is 0.0798 e. The van der Waals surface area contributed by atoms with Crippen molar-refractivity contribution in [2.24, 2.45) is 5.92 Å². The molecule has 2 aromatic heterocycles. The first-order chi connectivity index (χ1) is 13.3. The summed E-state index contributed by atoms with van der Waals surface area (Å²) in [6, 6.07) is 4.03. The molecule has 1 spiro atoms. The highest BCUT2D eigenvalue weighted by Crippen LogP contribution is 2.42. The fraction of sp³-hybridized carbons (Fsp3) is 0.619. The number of likely N-dealkylation sites (tertiary alicyclic amines) is 1. The van der Waals surface area contributed by atoms with Crippen molar-refractivity contribution in [1.82, 2.24) is 14.9 Å². The highest BCUT2D eigenvalue weighted by molar-refractivity contribution is 7.09. The van der Waals surface area contributed by atoms with Gasteiger partial charge in [0.05, 0.1) is 23.4 Å². The Morgan fingerprint density at radius 2 is 2.11 bits per heavy atom. The maximum absolute atomic E-state index is 6.32. The number of aromatic nitrogens is 2. The summed E-state index contributed by atoms with van der Waals surface area (Å²) in [6.45, 7) is 7.76. The quantitative estimate of drug-likeness (QED) is 0.676. The van der Waals surface area contributed by atoms with Crippen LogP contribution in [0, 0.1) is 12.8 Å². The van der Waals surface area contributed by atoms with Gasteiger partial charge in [-0.15, -0.1) is 11.3 Å². The second-order valence-electron chi connectivity index (χ2n) is 7.73. The van der Waals surface area contributed by atoms with Crippen LogP contribution in [0.4, 0.5) is 0 Å². The molecule has 4 rings (SSSR count). The lowest BCUT2D eigenvalue weighted by molar-refractivity contribution is -0.0732. The van der Waals surface area contributed by atoms with E-state index in [0.717, 1.165) is 52.1 Å². The van der Waals surface area contributed by atoms with E-state index in [1.807, 2.05) is 30.0 Å². The van der Waals surface area contributed by atoms with E-state index in [1.165, 1.54) is 22.6 Å². The number of pyridine rings is 1. The summed E-state index contributed by atoms with van der Waals surface area (Å²) < 4.78 is 12.2. The van der Waals surface area contributed by atoms with Crippen molar-refractivity contribution in [2.75, 3.05) is 26.3 Å². The van der Waals surface area contributed by atoms with Gasteiger partial charge in [0.2, 0.25) is 0 Å². The first kappa shape index (κ1) is 19.0. The molecule has 146 valence electrons. The summed E-state index contributed by atoms with van der Waals surface area (Å²) in [4.78, 5) is 12.4. The lowest BCUT2D eigenvalue weighted by Gasteiger charge is -2.42. The van der Waals surface area contributed by atoms with Crippen molar-refractivity contribution in [3.63, 3.8) is 0 Å². The number of aryl methyl sites for hydroxylation is 1. The minimum Gasteiger partial charge on any atom is -0.377 e. The van der Waals surface area contributed by atoms with Gasteiger partial charge in [0.25, 0.3) is 0 Å². The Morgan fingerprint density at radius 3 is 2.85 bits per heavy atom. The van der Waals surface area contributed by atoms with Crippen molar-refractivity contribution in [2.45, 2.75) is 51.4 Å². The average Bonchev–Trinajstić information content (AvgIpc) is 3.28. The predicted octanol–water partition coefficient (Wildman–Crippen LogP) is 3.82. The highest BCUT2D eigenvalue weighted by atomic mass is 32.1. The summed E-state index contributed by atoms with van der Waals surface area (Å²) in [5.74, 6) is 0.627. The molecule has 27 heavy (non-hydrogen) atoms. The van der Waals surface area contributed by atoms with Gasteiger partial charge in [-0.1, -0.05) is 0 Å². The lowest BCUT2D eigenvalue weighted by atomic mass is 9.78. The summed E-state index contributed by atoms with van der Waals surface area (Å²) in [5, 5.41) is 0. The normalized spacial score (nSPS) is 22.5. The van der Waals surface area contributed by atoms with Crippen molar-refractivity contribution in [3.05, 3.63) is 46.2 Å². The molecule has 0 radical (unpaired) electrons. The molecule has 0 amide bonds. The Bertz CT molecular complexity index is 713. The van der Waals surface area contributed by atoms with Gasteiger partial charge in [-0.25, -0.2) is 4.98 Å². The van der Waals surface area contributed by atoms with Crippen LogP contribution in [-0.2, 0) is 22.6 Å². The standard InChI is InChI=1S/C21H29N3O2S/c1-17-20(27-16-23-17)14-24-10-6-21(7-11-24)19(5-13-26-21)4-12-25-15-18-2-8-22-9-3-18/h2-3,8-9,16,19H,4-7,10-15H2,1H3/t19-/m0/s1. The molecule has 0 unspecified atom stereocenters. The Labute approximate surface area is 165 Å². The van der Waals surface area contributed by atoms with E-state index < -0.39 is 0 Å². The summed E-state index contributed by atoms with van der Waals surface area (Å²) in [6.07, 6.45) is 8.19. The van der Waals surface area contributed by atoms with Gasteiger partial charge in [-0.3, -0.25) is 9.88 Å². The molecule has 4 heterocycles. The van der Waals surface area contributed by atoms with Crippen LogP contribution in [0.1, 0.15) is 41.8 Å². The average molecular weight is 388 g/mol. The van der Waals surface area contributed by atoms with E-state index >= 15 is 0 Å². The van der Waals surface area contributed by atoms with E-state index in [-0.39, 0.29) is 5.60 Å². The molecule has 1 atom stereocenters. The van der Waals surface area contributed by atoms with Crippen LogP contribution in [0.2, 0.25) is 0 Å². The van der Waals surface area contributed by atoms with Gasteiger partial charge in [-0.05, 0) is 56.2 Å². The van der Waals surface area contributed by atoms with Gasteiger partial charge >= 0.3 is 0 Å². The maximum atomic E-state index is 6.32. The zero-order valence-corrected chi connectivity index (χ0v) is 16.9. The number of thiazole rings is 1. The van der Waals surface area contributed by atoms with Crippen LogP contribution in [0.15, 0.2) is 30.0 Å². The van der Waals surface area contributed by atoms with Crippen molar-refractivity contribution >= 4 is 11.3 Å². The minimum absolute atomic E-state index is 0.0826. The molecular weight excluding hydrogens is 358 g/mol. The molecule has 6 heteroatoms. The van der Waals surface area contributed by atoms with E-state index in [1.54, 1.807) is 11.3 Å². The number of hydrogen-bond donors (Lipinski definition) is 0. The van der Waals surface area contributed by atoms with E-state index in [0.29, 0.717) is 12.5 Å². The molecule has 5 nitrogen and oxygen atoms in total. The Balaban J connectivity index is 1.24. The molecule has 2 aliphatic heterocycles. The molecule has 0 aliphatic carbocycles. The van der Waals surface area contributed by atoms with Gasteiger partial charge in [0, 0.05) is 50.1 Å². The molecule has 2 fully saturated rings. The zero-order chi connectivity index (χ0) is 18.5. The second-order valence-corrected chi connectivity index (χ2v) is 8.67. The number of ether oxygens (including phenoxy) is 2. The Kier molecular flexibility index (Phi) is 6.18. The van der Waals surface area contributed by atoms with Crippen LogP contribution in [0.5, 0.6) is 0 Å². The molecule has 0 N–H and O–H groups in total. The topological polar surface area (TPSA) is 47.5 Å². The molecule has 0 saturated carbocycles. The van der Waals surface area contributed by atoms with Crippen molar-refractivity contribution < 1.29 is 9.47 Å². The summed E-state index contributed by atoms with van der Waals surface area (Å²) in [7, 11) is 0. The predicted molar refractivity (Wildman–Crippen MR) is 107 cm³/mol. The van der Waals surface area contributed by atoms with Gasteiger partial charge in [0.1, 0.15) is 0 Å². The third-order valence-electron chi connectivity index (χ3n) is 6.14. The Morgan fingerprint density at radius 1 is 1.30 bits per heavy atom. The van der Waals surface area contributed by atoms with E-state index in [9.17, 15) is 0 Å². The number of piperidine rings is 1. The second kappa shape index (κ2) is 8.78. The molecule has 0 aromatic carbocycles. The SMILES string of the molecule is Cc1ncsc1CN1CCC2(CC1)OCC[C@@H]2CCOCc1ccncc1. The molecule has 2 aliphatic rings. The van der Waals surface area contributed by atoms with Crippen LogP contribution in [-0.4, -0.2) is 46.8 Å². The van der Waals surface area contributed by atoms with Gasteiger partial charge in [-0.2, -0.15) is 0 Å². The summed E-state index contributed by atoms with van der Waals surface area (Å²) in [5.41, 5.74) is 4.41. The monoisotopic (exact) mass is 387 g/mol. The largest absolute Gasteiger partial charge is 0.377 e. The Hall–Kier alpha value is -1.34. The van der Waals surface area contributed by atoms with Crippen LogP contribution >= 0.6 is 11.3 Å². The molecule has 2 aromatic rings. The third-order valence-corrected chi connectivity index (χ3v) is 7.06. The van der Waals surface area contributed by atoms with E-state index in [4.69, 9.17) is 9.47 Å². The van der Waals surface area contributed by atoms with Crippen molar-refractivity contribution in [1.29, 1.82) is 0 Å². The van der Waals surface area contributed by atoms with Crippen LogP contribution in [0.25, 0.3) is 0 Å². The molecule has 0 bridgehead atoms. The fourth-order valence-electron chi connectivity index (χ4n) is 4.41. The van der Waals surface area contributed by atoms with Crippen molar-refractivity contribution in [3.8, 4) is 0 Å². The number of hydrogen-bond acceptors (Lipinski definition) is 6. The number of rotatable bonds is 7. The maximum Gasteiger partial charge on any atom is 0.0798 e.